The van der Waals surface area contributed by atoms with E-state index in [0.717, 1.165) is 32.5 Å². The molecule has 3 atom stereocenters. The molecule has 1 aliphatic heterocycles. The Morgan fingerprint density at radius 2 is 2.14 bits per heavy atom. The number of carbonyl (C=O) groups is 1. The average molecular weight is 301 g/mol. The summed E-state index contributed by atoms with van der Waals surface area (Å²) in [6.07, 6.45) is 2.17. The zero-order valence-corrected chi connectivity index (χ0v) is 13.9. The summed E-state index contributed by atoms with van der Waals surface area (Å²) < 4.78 is 0. The highest BCUT2D eigenvalue weighted by molar-refractivity contribution is 5.75. The number of nitrogens with zero attached hydrogens (tertiary/aromatic N) is 2. The monoisotopic (exact) mass is 301 g/mol. The molecule has 2 amide bonds. The van der Waals surface area contributed by atoms with E-state index >= 15 is 0 Å². The molecule has 1 heterocycles. The molecule has 4 heteroatoms. The van der Waals surface area contributed by atoms with E-state index in [2.05, 4.69) is 55.5 Å². The Morgan fingerprint density at radius 1 is 1.36 bits per heavy atom. The molecule has 0 spiro atoms. The van der Waals surface area contributed by atoms with Crippen molar-refractivity contribution in [2.75, 3.05) is 33.7 Å². The SMILES string of the molecule is C[C@@H]1Cc2ccccc2[C@@H]1NC(=O)N1CC[C@H](CN(C)C)C1. The molecule has 4 nitrogen and oxygen atoms in total. The van der Waals surface area contributed by atoms with Gasteiger partial charge in [-0.1, -0.05) is 31.2 Å². The molecular formula is C18H27N3O. The molecule has 2 aliphatic rings. The zero-order chi connectivity index (χ0) is 15.7. The van der Waals surface area contributed by atoms with Crippen LogP contribution in [0.5, 0.6) is 0 Å². The van der Waals surface area contributed by atoms with Crippen molar-refractivity contribution in [1.29, 1.82) is 0 Å². The number of urea groups is 1. The van der Waals surface area contributed by atoms with Crippen molar-refractivity contribution in [3.05, 3.63) is 35.4 Å². The molecule has 1 saturated heterocycles. The van der Waals surface area contributed by atoms with Gasteiger partial charge in [0.1, 0.15) is 0 Å². The van der Waals surface area contributed by atoms with Gasteiger partial charge >= 0.3 is 6.03 Å². The van der Waals surface area contributed by atoms with E-state index in [-0.39, 0.29) is 12.1 Å². The minimum absolute atomic E-state index is 0.106. The van der Waals surface area contributed by atoms with E-state index in [1.807, 2.05) is 4.90 Å². The molecule has 1 fully saturated rings. The lowest BCUT2D eigenvalue weighted by Gasteiger charge is -2.24. The van der Waals surface area contributed by atoms with Crippen molar-refractivity contribution >= 4 is 6.03 Å². The van der Waals surface area contributed by atoms with Crippen LogP contribution in [0.1, 0.15) is 30.5 Å². The van der Waals surface area contributed by atoms with Gasteiger partial charge in [0.2, 0.25) is 0 Å². The third-order valence-electron chi connectivity index (χ3n) is 4.98. The first-order valence-corrected chi connectivity index (χ1v) is 8.32. The van der Waals surface area contributed by atoms with E-state index in [9.17, 15) is 4.79 Å². The Hall–Kier alpha value is -1.55. The Kier molecular flexibility index (Phi) is 4.39. The fraction of sp³-hybridized carbons (Fsp3) is 0.611. The Balaban J connectivity index is 1.61. The molecular weight excluding hydrogens is 274 g/mol. The van der Waals surface area contributed by atoms with Gasteiger partial charge in [0.25, 0.3) is 0 Å². The third-order valence-corrected chi connectivity index (χ3v) is 4.98. The average Bonchev–Trinajstić information content (AvgIpc) is 3.04. The van der Waals surface area contributed by atoms with Crippen LogP contribution in [0, 0.1) is 11.8 Å². The van der Waals surface area contributed by atoms with Gasteiger partial charge < -0.3 is 15.1 Å². The molecule has 0 saturated carbocycles. The lowest BCUT2D eigenvalue weighted by atomic mass is 10.0. The normalized spacial score (nSPS) is 27.3. The van der Waals surface area contributed by atoms with E-state index in [1.54, 1.807) is 0 Å². The van der Waals surface area contributed by atoms with Gasteiger partial charge in [0.05, 0.1) is 6.04 Å². The predicted octanol–water partition coefficient (Wildman–Crippen LogP) is 2.51. The van der Waals surface area contributed by atoms with Crippen LogP contribution >= 0.6 is 0 Å². The number of hydrogen-bond donors (Lipinski definition) is 1. The van der Waals surface area contributed by atoms with Crippen molar-refractivity contribution in [3.8, 4) is 0 Å². The van der Waals surface area contributed by atoms with Gasteiger partial charge in [-0.05, 0) is 49.9 Å². The molecule has 0 aromatic heterocycles. The third kappa shape index (κ3) is 3.12. The van der Waals surface area contributed by atoms with E-state index < -0.39 is 0 Å². The fourth-order valence-electron chi connectivity index (χ4n) is 3.92. The maximum atomic E-state index is 12.6. The summed E-state index contributed by atoms with van der Waals surface area (Å²) in [5.74, 6) is 1.08. The molecule has 120 valence electrons. The van der Waals surface area contributed by atoms with Crippen LogP contribution in [0.4, 0.5) is 4.79 Å². The summed E-state index contributed by atoms with van der Waals surface area (Å²) in [5, 5.41) is 3.27. The number of carbonyl (C=O) groups excluding carboxylic acids is 1. The van der Waals surface area contributed by atoms with Crippen LogP contribution in [0.2, 0.25) is 0 Å². The molecule has 22 heavy (non-hydrogen) atoms. The zero-order valence-electron chi connectivity index (χ0n) is 13.9. The summed E-state index contributed by atoms with van der Waals surface area (Å²) >= 11 is 0. The quantitative estimate of drug-likeness (QED) is 0.931. The van der Waals surface area contributed by atoms with Crippen molar-refractivity contribution in [1.82, 2.24) is 15.1 Å². The number of benzene rings is 1. The summed E-state index contributed by atoms with van der Waals surface area (Å²) in [7, 11) is 4.19. The first-order chi connectivity index (χ1) is 10.5. The largest absolute Gasteiger partial charge is 0.331 e. The summed E-state index contributed by atoms with van der Waals surface area (Å²) in [6, 6.07) is 8.76. The molecule has 1 aromatic rings. The van der Waals surface area contributed by atoms with Gasteiger partial charge in [0.15, 0.2) is 0 Å². The minimum Gasteiger partial charge on any atom is -0.331 e. The van der Waals surface area contributed by atoms with Crippen LogP contribution in [0.15, 0.2) is 24.3 Å². The second kappa shape index (κ2) is 6.29. The number of hydrogen-bond acceptors (Lipinski definition) is 2. The van der Waals surface area contributed by atoms with Crippen LogP contribution in [0.3, 0.4) is 0 Å². The van der Waals surface area contributed by atoms with Gasteiger partial charge in [-0.15, -0.1) is 0 Å². The van der Waals surface area contributed by atoms with Gasteiger partial charge in [0, 0.05) is 19.6 Å². The first kappa shape index (κ1) is 15.3. The molecule has 0 radical (unpaired) electrons. The van der Waals surface area contributed by atoms with E-state index in [1.165, 1.54) is 11.1 Å². The first-order valence-electron chi connectivity index (χ1n) is 8.32. The lowest BCUT2D eigenvalue weighted by Crippen LogP contribution is -2.41. The van der Waals surface area contributed by atoms with Crippen molar-refractivity contribution in [2.45, 2.75) is 25.8 Å². The van der Waals surface area contributed by atoms with Crippen LogP contribution in [-0.2, 0) is 6.42 Å². The minimum atomic E-state index is 0.106. The Labute approximate surface area is 133 Å². The van der Waals surface area contributed by atoms with Gasteiger partial charge in [-0.3, -0.25) is 0 Å². The molecule has 0 unspecified atom stereocenters. The van der Waals surface area contributed by atoms with Gasteiger partial charge in [-0.2, -0.15) is 0 Å². The number of nitrogens with one attached hydrogen (secondary N) is 1. The maximum absolute atomic E-state index is 12.6. The Bertz CT molecular complexity index is 543. The Morgan fingerprint density at radius 3 is 2.91 bits per heavy atom. The lowest BCUT2D eigenvalue weighted by molar-refractivity contribution is 0.198. The highest BCUT2D eigenvalue weighted by Gasteiger charge is 2.33. The second-order valence-electron chi connectivity index (χ2n) is 7.17. The predicted molar refractivity (Wildman–Crippen MR) is 88.8 cm³/mol. The van der Waals surface area contributed by atoms with Crippen molar-refractivity contribution in [3.63, 3.8) is 0 Å². The standard InChI is InChI=1S/C18H27N3O/c1-13-10-15-6-4-5-7-16(15)17(13)19-18(22)21-9-8-14(12-21)11-20(2)3/h4-7,13-14,17H,8-12H2,1-3H3,(H,19,22)/t13-,14-,17-/m1/s1. The molecule has 3 rings (SSSR count). The number of fused-ring (bicyclic) bond motifs is 1. The topological polar surface area (TPSA) is 35.6 Å². The highest BCUT2D eigenvalue weighted by Crippen LogP contribution is 2.35. The maximum Gasteiger partial charge on any atom is 0.317 e. The van der Waals surface area contributed by atoms with Crippen LogP contribution < -0.4 is 5.32 Å². The molecule has 0 bridgehead atoms. The number of rotatable bonds is 3. The molecule has 1 aliphatic carbocycles. The number of amides is 2. The summed E-state index contributed by atoms with van der Waals surface area (Å²) in [5.41, 5.74) is 2.68. The summed E-state index contributed by atoms with van der Waals surface area (Å²) in [4.78, 5) is 16.8. The number of likely N-dealkylation sites (tertiary alicyclic amines) is 1. The second-order valence-corrected chi connectivity index (χ2v) is 7.17. The van der Waals surface area contributed by atoms with Crippen molar-refractivity contribution in [2.24, 2.45) is 11.8 Å². The van der Waals surface area contributed by atoms with Crippen LogP contribution in [-0.4, -0.2) is 49.6 Å². The molecule has 1 N–H and O–H groups in total. The van der Waals surface area contributed by atoms with E-state index in [4.69, 9.17) is 0 Å². The highest BCUT2D eigenvalue weighted by atomic mass is 16.2. The van der Waals surface area contributed by atoms with E-state index in [0.29, 0.717) is 11.8 Å². The van der Waals surface area contributed by atoms with Gasteiger partial charge in [-0.25, -0.2) is 4.79 Å². The smallest absolute Gasteiger partial charge is 0.317 e. The molecule has 1 aromatic carbocycles. The van der Waals surface area contributed by atoms with Crippen LogP contribution in [0.25, 0.3) is 0 Å². The van der Waals surface area contributed by atoms with Crippen molar-refractivity contribution < 1.29 is 4.79 Å². The summed E-state index contributed by atoms with van der Waals surface area (Å²) in [6.45, 7) is 5.05. The fourth-order valence-corrected chi connectivity index (χ4v) is 3.92.